The average molecular weight is 218 g/mol. The maximum atomic E-state index is 10.3. The second kappa shape index (κ2) is 5.50. The summed E-state index contributed by atoms with van der Waals surface area (Å²) >= 11 is 0. The van der Waals surface area contributed by atoms with E-state index < -0.39 is 11.9 Å². The number of rotatable bonds is 4. The summed E-state index contributed by atoms with van der Waals surface area (Å²) in [6.45, 7) is 0. The third-order valence-corrected chi connectivity index (χ3v) is 1.77. The van der Waals surface area contributed by atoms with E-state index in [2.05, 4.69) is 0 Å². The Morgan fingerprint density at radius 3 is 1.38 bits per heavy atom. The van der Waals surface area contributed by atoms with Crippen molar-refractivity contribution in [1.82, 2.24) is 0 Å². The molecular formula is C12H10O4. The predicted octanol–water partition coefficient (Wildman–Crippen LogP) is 1.88. The van der Waals surface area contributed by atoms with Crippen molar-refractivity contribution < 1.29 is 19.8 Å². The lowest BCUT2D eigenvalue weighted by atomic mass is 10.1. The maximum absolute atomic E-state index is 10.3. The van der Waals surface area contributed by atoms with Crippen LogP contribution in [0.15, 0.2) is 36.4 Å². The van der Waals surface area contributed by atoms with E-state index >= 15 is 0 Å². The molecule has 0 radical (unpaired) electrons. The summed E-state index contributed by atoms with van der Waals surface area (Å²) in [6, 6.07) is 6.84. The highest BCUT2D eigenvalue weighted by Gasteiger charge is 1.91. The number of carboxylic acid groups (broad SMARTS) is 2. The minimum absolute atomic E-state index is 0.745. The smallest absolute Gasteiger partial charge is 0.328 e. The first-order valence-corrected chi connectivity index (χ1v) is 4.50. The van der Waals surface area contributed by atoms with Crippen LogP contribution in [0.25, 0.3) is 12.2 Å². The first-order valence-electron chi connectivity index (χ1n) is 4.50. The van der Waals surface area contributed by atoms with Crippen molar-refractivity contribution in [2.45, 2.75) is 0 Å². The molecule has 1 rings (SSSR count). The van der Waals surface area contributed by atoms with Gasteiger partial charge in [-0.2, -0.15) is 0 Å². The fourth-order valence-electron chi connectivity index (χ4n) is 1.05. The molecule has 0 amide bonds. The van der Waals surface area contributed by atoms with Crippen LogP contribution in [0.3, 0.4) is 0 Å². The van der Waals surface area contributed by atoms with Crippen LogP contribution in [0, 0.1) is 0 Å². The van der Waals surface area contributed by atoms with E-state index in [4.69, 9.17) is 10.2 Å². The molecule has 1 aromatic carbocycles. The fourth-order valence-corrected chi connectivity index (χ4v) is 1.05. The van der Waals surface area contributed by atoms with E-state index in [-0.39, 0.29) is 0 Å². The van der Waals surface area contributed by atoms with Crippen molar-refractivity contribution in [3.8, 4) is 0 Å². The van der Waals surface area contributed by atoms with Gasteiger partial charge in [0.2, 0.25) is 0 Å². The fraction of sp³-hybridized carbons (Fsp3) is 0. The van der Waals surface area contributed by atoms with Gasteiger partial charge in [-0.25, -0.2) is 9.59 Å². The Labute approximate surface area is 92.2 Å². The Hall–Kier alpha value is -2.36. The predicted molar refractivity (Wildman–Crippen MR) is 59.8 cm³/mol. The number of carboxylic acids is 2. The Balaban J connectivity index is 2.75. The summed E-state index contributed by atoms with van der Waals surface area (Å²) in [5.41, 5.74) is 1.49. The molecule has 4 heteroatoms. The van der Waals surface area contributed by atoms with Crippen molar-refractivity contribution >= 4 is 24.1 Å². The van der Waals surface area contributed by atoms with Gasteiger partial charge in [0.05, 0.1) is 0 Å². The number of hydrogen-bond acceptors (Lipinski definition) is 2. The lowest BCUT2D eigenvalue weighted by Gasteiger charge is -1.94. The highest BCUT2D eigenvalue weighted by atomic mass is 16.4. The van der Waals surface area contributed by atoms with Crippen LogP contribution < -0.4 is 0 Å². The van der Waals surface area contributed by atoms with Crippen LogP contribution in [-0.4, -0.2) is 22.2 Å². The van der Waals surface area contributed by atoms with Crippen LogP contribution in [-0.2, 0) is 9.59 Å². The van der Waals surface area contributed by atoms with E-state index in [0.717, 1.165) is 23.3 Å². The molecule has 0 aliphatic rings. The highest BCUT2D eigenvalue weighted by Crippen LogP contribution is 2.07. The van der Waals surface area contributed by atoms with Crippen molar-refractivity contribution in [2.75, 3.05) is 0 Å². The zero-order valence-electron chi connectivity index (χ0n) is 8.33. The molecule has 2 N–H and O–H groups in total. The van der Waals surface area contributed by atoms with Crippen LogP contribution in [0.1, 0.15) is 11.1 Å². The third kappa shape index (κ3) is 4.23. The molecule has 4 nitrogen and oxygen atoms in total. The van der Waals surface area contributed by atoms with Gasteiger partial charge < -0.3 is 10.2 Å². The maximum Gasteiger partial charge on any atom is 0.328 e. The molecular weight excluding hydrogens is 208 g/mol. The molecule has 0 spiro atoms. The molecule has 1 aromatic rings. The molecule has 16 heavy (non-hydrogen) atoms. The molecule has 0 bridgehead atoms. The van der Waals surface area contributed by atoms with Crippen LogP contribution in [0.4, 0.5) is 0 Å². The molecule has 0 aliphatic heterocycles. The van der Waals surface area contributed by atoms with Crippen molar-refractivity contribution in [2.24, 2.45) is 0 Å². The normalized spacial score (nSPS) is 11.0. The Morgan fingerprint density at radius 1 is 0.812 bits per heavy atom. The summed E-state index contributed by atoms with van der Waals surface area (Å²) in [5, 5.41) is 16.8. The monoisotopic (exact) mass is 218 g/mol. The van der Waals surface area contributed by atoms with E-state index in [9.17, 15) is 9.59 Å². The summed E-state index contributed by atoms with van der Waals surface area (Å²) in [6.07, 6.45) is 5.02. The first kappa shape index (κ1) is 11.7. The van der Waals surface area contributed by atoms with Gasteiger partial charge in [-0.15, -0.1) is 0 Å². The van der Waals surface area contributed by atoms with Crippen molar-refractivity contribution in [3.63, 3.8) is 0 Å². The quantitative estimate of drug-likeness (QED) is 0.756. The van der Waals surface area contributed by atoms with E-state index in [1.54, 1.807) is 24.3 Å². The third-order valence-electron chi connectivity index (χ3n) is 1.77. The standard InChI is InChI=1S/C12H10O4/c13-11(14)7-5-9-1-2-10(4-3-9)6-8-12(15)16/h1-8H,(H,13,14)(H,15,16)/b7-5-,8-6+. The average Bonchev–Trinajstić information content (AvgIpc) is 2.25. The lowest BCUT2D eigenvalue weighted by Crippen LogP contribution is -1.86. The van der Waals surface area contributed by atoms with Gasteiger partial charge in [-0.3, -0.25) is 0 Å². The van der Waals surface area contributed by atoms with Crippen molar-refractivity contribution in [1.29, 1.82) is 0 Å². The molecule has 0 aliphatic carbocycles. The first-order chi connectivity index (χ1) is 7.58. The number of carbonyl (C=O) groups is 2. The summed E-state index contributed by atoms with van der Waals surface area (Å²) < 4.78 is 0. The molecule has 0 unspecified atom stereocenters. The lowest BCUT2D eigenvalue weighted by molar-refractivity contribution is -0.132. The molecule has 0 atom stereocenters. The molecule has 0 aromatic heterocycles. The van der Waals surface area contributed by atoms with E-state index in [1.165, 1.54) is 12.2 Å². The van der Waals surface area contributed by atoms with Gasteiger partial charge in [-0.05, 0) is 23.3 Å². The number of benzene rings is 1. The zero-order chi connectivity index (χ0) is 12.0. The van der Waals surface area contributed by atoms with Crippen LogP contribution in [0.5, 0.6) is 0 Å². The second-order valence-corrected chi connectivity index (χ2v) is 3.01. The Bertz CT molecular complexity index is 398. The van der Waals surface area contributed by atoms with Gasteiger partial charge in [-0.1, -0.05) is 24.3 Å². The largest absolute Gasteiger partial charge is 0.478 e. The molecule has 0 heterocycles. The zero-order valence-corrected chi connectivity index (χ0v) is 8.33. The van der Waals surface area contributed by atoms with Gasteiger partial charge in [0.15, 0.2) is 0 Å². The number of aliphatic carboxylic acids is 2. The van der Waals surface area contributed by atoms with E-state index in [0.29, 0.717) is 0 Å². The molecule has 82 valence electrons. The summed E-state index contributed by atoms with van der Waals surface area (Å²) in [7, 11) is 0. The van der Waals surface area contributed by atoms with Gasteiger partial charge in [0, 0.05) is 12.2 Å². The van der Waals surface area contributed by atoms with Crippen LogP contribution >= 0.6 is 0 Å². The minimum Gasteiger partial charge on any atom is -0.478 e. The van der Waals surface area contributed by atoms with Gasteiger partial charge in [0.25, 0.3) is 0 Å². The minimum atomic E-state index is -1.00. The SMILES string of the molecule is O=C(O)/C=C\c1ccc(/C=C/C(=O)O)cc1. The summed E-state index contributed by atoms with van der Waals surface area (Å²) in [5.74, 6) is -2.01. The second-order valence-electron chi connectivity index (χ2n) is 3.01. The number of hydrogen-bond donors (Lipinski definition) is 2. The van der Waals surface area contributed by atoms with Crippen LogP contribution in [0.2, 0.25) is 0 Å². The molecule has 0 saturated heterocycles. The van der Waals surface area contributed by atoms with Gasteiger partial charge >= 0.3 is 11.9 Å². The molecule has 0 fully saturated rings. The molecule has 0 saturated carbocycles. The van der Waals surface area contributed by atoms with E-state index in [1.807, 2.05) is 0 Å². The Morgan fingerprint density at radius 2 is 1.12 bits per heavy atom. The van der Waals surface area contributed by atoms with Gasteiger partial charge in [0.1, 0.15) is 0 Å². The Kier molecular flexibility index (Phi) is 4.03. The summed E-state index contributed by atoms with van der Waals surface area (Å²) in [4.78, 5) is 20.5. The topological polar surface area (TPSA) is 74.6 Å². The van der Waals surface area contributed by atoms with Crippen molar-refractivity contribution in [3.05, 3.63) is 47.5 Å². The highest BCUT2D eigenvalue weighted by molar-refractivity contribution is 5.86.